The van der Waals surface area contributed by atoms with Crippen LogP contribution in [0, 0.1) is 10.8 Å². The first-order chi connectivity index (χ1) is 9.95. The Hall–Kier alpha value is -2.24. The number of aromatic nitrogens is 1. The van der Waals surface area contributed by atoms with E-state index in [0.29, 0.717) is 6.29 Å². The molecule has 6 nitrogen and oxygen atoms in total. The maximum absolute atomic E-state index is 12.0. The van der Waals surface area contributed by atoms with Gasteiger partial charge in [0.05, 0.1) is 5.56 Å². The van der Waals surface area contributed by atoms with Crippen LogP contribution in [0.25, 0.3) is 0 Å². The molecule has 0 radical (unpaired) electrons. The zero-order valence-corrected chi connectivity index (χ0v) is 13.9. The number of pyridine rings is 1. The zero-order valence-electron chi connectivity index (χ0n) is 13.9. The van der Waals surface area contributed by atoms with E-state index in [1.807, 2.05) is 0 Å². The highest BCUT2D eigenvalue weighted by Gasteiger charge is 2.24. The number of carbonyl (C=O) groups excluding carboxylic acids is 3. The molecule has 0 saturated heterocycles. The molecule has 0 aliphatic carbocycles. The lowest BCUT2D eigenvalue weighted by atomic mass is 9.95. The maximum Gasteiger partial charge on any atom is 0.230 e. The van der Waals surface area contributed by atoms with Gasteiger partial charge in [-0.05, 0) is 12.1 Å². The van der Waals surface area contributed by atoms with Crippen molar-refractivity contribution in [1.82, 2.24) is 4.98 Å². The molecule has 0 bridgehead atoms. The Kier molecular flexibility index (Phi) is 5.06. The molecule has 1 aromatic heterocycles. The largest absolute Gasteiger partial charge is 0.310 e. The third kappa shape index (κ3) is 4.65. The fourth-order valence-electron chi connectivity index (χ4n) is 1.33. The highest BCUT2D eigenvalue weighted by Crippen LogP contribution is 2.21. The predicted molar refractivity (Wildman–Crippen MR) is 85.8 cm³/mol. The third-order valence-corrected chi connectivity index (χ3v) is 2.89. The summed E-state index contributed by atoms with van der Waals surface area (Å²) in [6.07, 6.45) is 0.612. The Balaban J connectivity index is 3.07. The summed E-state index contributed by atoms with van der Waals surface area (Å²) < 4.78 is 0. The van der Waals surface area contributed by atoms with E-state index in [9.17, 15) is 14.4 Å². The van der Waals surface area contributed by atoms with E-state index in [0.717, 1.165) is 0 Å². The third-order valence-electron chi connectivity index (χ3n) is 2.89. The lowest BCUT2D eigenvalue weighted by Crippen LogP contribution is -2.30. The van der Waals surface area contributed by atoms with Crippen molar-refractivity contribution in [3.8, 4) is 0 Å². The van der Waals surface area contributed by atoms with Crippen molar-refractivity contribution in [2.45, 2.75) is 41.5 Å². The molecule has 0 fully saturated rings. The van der Waals surface area contributed by atoms with Gasteiger partial charge in [-0.2, -0.15) is 0 Å². The molecule has 2 N–H and O–H groups in total. The predicted octanol–water partition coefficient (Wildman–Crippen LogP) is 2.86. The van der Waals surface area contributed by atoms with Crippen LogP contribution in [-0.4, -0.2) is 23.1 Å². The lowest BCUT2D eigenvalue weighted by molar-refractivity contribution is -0.123. The van der Waals surface area contributed by atoms with Crippen LogP contribution in [0.15, 0.2) is 12.1 Å². The van der Waals surface area contributed by atoms with Gasteiger partial charge < -0.3 is 10.6 Å². The molecule has 1 rings (SSSR count). The van der Waals surface area contributed by atoms with Gasteiger partial charge in [0.1, 0.15) is 11.6 Å². The SMILES string of the molecule is CC(C)(C)C(=O)Nc1ccc(C=O)c(NC(=O)C(C)(C)C)n1. The summed E-state index contributed by atoms with van der Waals surface area (Å²) in [5.41, 5.74) is -0.932. The van der Waals surface area contributed by atoms with E-state index >= 15 is 0 Å². The molecule has 0 aliphatic heterocycles. The van der Waals surface area contributed by atoms with E-state index in [-0.39, 0.29) is 29.0 Å². The monoisotopic (exact) mass is 305 g/mol. The van der Waals surface area contributed by atoms with Gasteiger partial charge >= 0.3 is 0 Å². The van der Waals surface area contributed by atoms with Gasteiger partial charge in [0, 0.05) is 10.8 Å². The Morgan fingerprint density at radius 3 is 1.91 bits per heavy atom. The van der Waals surface area contributed by atoms with Crippen molar-refractivity contribution >= 4 is 29.7 Å². The molecule has 0 saturated carbocycles. The minimum atomic E-state index is -0.619. The van der Waals surface area contributed by atoms with Gasteiger partial charge in [0.2, 0.25) is 11.8 Å². The van der Waals surface area contributed by atoms with Crippen LogP contribution in [0.1, 0.15) is 51.9 Å². The number of hydrogen-bond acceptors (Lipinski definition) is 4. The highest BCUT2D eigenvalue weighted by atomic mass is 16.2. The first-order valence-electron chi connectivity index (χ1n) is 7.04. The average molecular weight is 305 g/mol. The Morgan fingerprint density at radius 1 is 0.955 bits per heavy atom. The van der Waals surface area contributed by atoms with E-state index < -0.39 is 10.8 Å². The number of rotatable bonds is 3. The summed E-state index contributed by atoms with van der Waals surface area (Å²) in [6, 6.07) is 3.04. The number of amides is 2. The molecular weight excluding hydrogens is 282 g/mol. The van der Waals surface area contributed by atoms with Crippen LogP contribution in [0.5, 0.6) is 0 Å². The van der Waals surface area contributed by atoms with Crippen molar-refractivity contribution in [2.24, 2.45) is 10.8 Å². The second-order valence-corrected chi connectivity index (χ2v) is 7.16. The van der Waals surface area contributed by atoms with Crippen molar-refractivity contribution in [1.29, 1.82) is 0 Å². The first-order valence-corrected chi connectivity index (χ1v) is 7.04. The highest BCUT2D eigenvalue weighted by molar-refractivity contribution is 5.99. The van der Waals surface area contributed by atoms with Crippen LogP contribution in [0.2, 0.25) is 0 Å². The molecule has 0 spiro atoms. The van der Waals surface area contributed by atoms with Crippen LogP contribution in [-0.2, 0) is 9.59 Å². The number of nitrogens with one attached hydrogen (secondary N) is 2. The summed E-state index contributed by atoms with van der Waals surface area (Å²) in [4.78, 5) is 39.2. The second-order valence-electron chi connectivity index (χ2n) is 7.16. The molecule has 1 aromatic rings. The van der Waals surface area contributed by atoms with E-state index in [4.69, 9.17) is 0 Å². The van der Waals surface area contributed by atoms with Gasteiger partial charge in [-0.3, -0.25) is 14.4 Å². The molecule has 0 aromatic carbocycles. The summed E-state index contributed by atoms with van der Waals surface area (Å²) in [6.45, 7) is 10.6. The Morgan fingerprint density at radius 2 is 1.45 bits per heavy atom. The standard InChI is InChI=1S/C16H23N3O3/c1-15(2,3)13(21)18-11-8-7-10(9-20)12(17-11)19-14(22)16(4,5)6/h7-9H,1-6H3,(H2,17,18,19,21,22). The first kappa shape index (κ1) is 17.8. The van der Waals surface area contributed by atoms with E-state index in [1.54, 1.807) is 41.5 Å². The summed E-state index contributed by atoms with van der Waals surface area (Å²) in [7, 11) is 0. The normalized spacial score (nSPS) is 11.7. The lowest BCUT2D eigenvalue weighted by Gasteiger charge is -2.19. The fraction of sp³-hybridized carbons (Fsp3) is 0.500. The van der Waals surface area contributed by atoms with E-state index in [1.165, 1.54) is 12.1 Å². The molecule has 0 unspecified atom stereocenters. The molecule has 120 valence electrons. The number of hydrogen-bond donors (Lipinski definition) is 2. The second kappa shape index (κ2) is 6.25. The number of aldehydes is 1. The van der Waals surface area contributed by atoms with Crippen LogP contribution in [0.4, 0.5) is 11.6 Å². The molecular formula is C16H23N3O3. The van der Waals surface area contributed by atoms with Gasteiger partial charge in [0.15, 0.2) is 6.29 Å². The molecule has 2 amide bonds. The Labute approximate surface area is 130 Å². The Bertz CT molecular complexity index is 596. The van der Waals surface area contributed by atoms with Crippen molar-refractivity contribution in [3.05, 3.63) is 17.7 Å². The smallest absolute Gasteiger partial charge is 0.230 e. The fourth-order valence-corrected chi connectivity index (χ4v) is 1.33. The summed E-state index contributed by atoms with van der Waals surface area (Å²) >= 11 is 0. The van der Waals surface area contributed by atoms with Gasteiger partial charge in [-0.25, -0.2) is 4.98 Å². The molecule has 22 heavy (non-hydrogen) atoms. The molecule has 1 heterocycles. The van der Waals surface area contributed by atoms with Gasteiger partial charge in [0.25, 0.3) is 0 Å². The van der Waals surface area contributed by atoms with Crippen LogP contribution < -0.4 is 10.6 Å². The zero-order chi connectivity index (χ0) is 17.1. The van der Waals surface area contributed by atoms with Crippen molar-refractivity contribution in [3.63, 3.8) is 0 Å². The van der Waals surface area contributed by atoms with Crippen LogP contribution >= 0.6 is 0 Å². The summed E-state index contributed by atoms with van der Waals surface area (Å²) in [5.74, 6) is -0.0364. The quantitative estimate of drug-likeness (QED) is 0.840. The molecule has 6 heteroatoms. The minimum Gasteiger partial charge on any atom is -0.310 e. The summed E-state index contributed by atoms with van der Waals surface area (Å²) in [5, 5.41) is 5.29. The maximum atomic E-state index is 12.0. The minimum absolute atomic E-state index is 0.140. The number of anilines is 2. The topological polar surface area (TPSA) is 88.2 Å². The molecule has 0 atom stereocenters. The molecule has 0 aliphatic rings. The van der Waals surface area contributed by atoms with Gasteiger partial charge in [-0.15, -0.1) is 0 Å². The van der Waals surface area contributed by atoms with Gasteiger partial charge in [-0.1, -0.05) is 41.5 Å². The van der Waals surface area contributed by atoms with Crippen molar-refractivity contribution < 1.29 is 14.4 Å². The number of nitrogens with zero attached hydrogens (tertiary/aromatic N) is 1. The van der Waals surface area contributed by atoms with Crippen molar-refractivity contribution in [2.75, 3.05) is 10.6 Å². The van der Waals surface area contributed by atoms with E-state index in [2.05, 4.69) is 15.6 Å². The number of carbonyl (C=O) groups is 3. The average Bonchev–Trinajstić information content (AvgIpc) is 2.36. The van der Waals surface area contributed by atoms with Crippen LogP contribution in [0.3, 0.4) is 0 Å².